The monoisotopic (exact) mass is 211 g/mol. The van der Waals surface area contributed by atoms with E-state index < -0.39 is 0 Å². The molecule has 0 fully saturated rings. The first kappa shape index (κ1) is 12.2. The third-order valence-corrected chi connectivity index (χ3v) is 2.63. The third kappa shape index (κ3) is 4.00. The zero-order valence-corrected chi connectivity index (χ0v) is 10.1. The van der Waals surface area contributed by atoms with Crippen LogP contribution in [0.1, 0.15) is 39.4 Å². The number of aryl methyl sites for hydroxylation is 1. The minimum atomic E-state index is 0.530. The van der Waals surface area contributed by atoms with Crippen molar-refractivity contribution in [2.24, 2.45) is 5.92 Å². The molecule has 0 spiro atoms. The second-order valence-electron chi connectivity index (χ2n) is 4.19. The number of nitrogens with zero attached hydrogens (tertiary/aromatic N) is 2. The summed E-state index contributed by atoms with van der Waals surface area (Å²) in [6.07, 6.45) is 1.64. The highest BCUT2D eigenvalue weighted by atomic mass is 16.5. The molecule has 1 aromatic heterocycles. The Balaban J connectivity index is 2.25. The fraction of sp³-hybridized carbons (Fsp3) is 0.818. The van der Waals surface area contributed by atoms with Gasteiger partial charge >= 0.3 is 0 Å². The van der Waals surface area contributed by atoms with Gasteiger partial charge in [-0.15, -0.1) is 0 Å². The maximum atomic E-state index is 5.03. The summed E-state index contributed by atoms with van der Waals surface area (Å²) in [5.74, 6) is 2.18. The van der Waals surface area contributed by atoms with Gasteiger partial charge in [0.1, 0.15) is 0 Å². The molecule has 15 heavy (non-hydrogen) atoms. The van der Waals surface area contributed by atoms with Crippen LogP contribution in [0, 0.1) is 5.92 Å². The molecule has 86 valence electrons. The van der Waals surface area contributed by atoms with E-state index in [1.165, 1.54) is 0 Å². The Morgan fingerprint density at radius 1 is 1.33 bits per heavy atom. The Hall–Kier alpha value is -0.900. The predicted octanol–water partition coefficient (Wildman–Crippen LogP) is 1.81. The highest BCUT2D eigenvalue weighted by Crippen LogP contribution is 2.01. The molecule has 0 bridgehead atoms. The van der Waals surface area contributed by atoms with Crippen LogP contribution in [0.2, 0.25) is 0 Å². The molecule has 0 saturated carbocycles. The molecule has 4 nitrogen and oxygen atoms in total. The lowest BCUT2D eigenvalue weighted by Gasteiger charge is -2.16. The quantitative estimate of drug-likeness (QED) is 0.779. The second kappa shape index (κ2) is 5.85. The van der Waals surface area contributed by atoms with Crippen molar-refractivity contribution in [1.82, 2.24) is 15.5 Å². The zero-order valence-electron chi connectivity index (χ0n) is 10.1. The Morgan fingerprint density at radius 3 is 2.60 bits per heavy atom. The molecule has 0 aromatic carbocycles. The van der Waals surface area contributed by atoms with Gasteiger partial charge in [-0.05, 0) is 12.8 Å². The van der Waals surface area contributed by atoms with Crippen molar-refractivity contribution < 1.29 is 4.52 Å². The van der Waals surface area contributed by atoms with E-state index in [4.69, 9.17) is 4.52 Å². The highest BCUT2D eigenvalue weighted by Gasteiger charge is 2.07. The van der Waals surface area contributed by atoms with Gasteiger partial charge in [0.15, 0.2) is 5.82 Å². The van der Waals surface area contributed by atoms with E-state index >= 15 is 0 Å². The van der Waals surface area contributed by atoms with E-state index in [-0.39, 0.29) is 0 Å². The van der Waals surface area contributed by atoms with E-state index in [0.29, 0.717) is 12.0 Å². The zero-order chi connectivity index (χ0) is 11.3. The summed E-state index contributed by atoms with van der Waals surface area (Å²) in [6.45, 7) is 9.53. The maximum Gasteiger partial charge on any atom is 0.226 e. The van der Waals surface area contributed by atoms with Crippen LogP contribution in [0.4, 0.5) is 0 Å². The summed E-state index contributed by atoms with van der Waals surface area (Å²) in [7, 11) is 0. The van der Waals surface area contributed by atoms with Crippen LogP contribution in [0.25, 0.3) is 0 Å². The van der Waals surface area contributed by atoms with Crippen LogP contribution in [-0.4, -0.2) is 22.7 Å². The first-order chi connectivity index (χ1) is 7.13. The molecule has 0 amide bonds. The average Bonchev–Trinajstić information content (AvgIpc) is 2.65. The van der Waals surface area contributed by atoms with Crippen molar-refractivity contribution in [2.45, 2.75) is 46.6 Å². The van der Waals surface area contributed by atoms with Gasteiger partial charge in [-0.25, -0.2) is 0 Å². The molecular weight excluding hydrogens is 190 g/mol. The molecule has 1 rings (SSSR count). The molecule has 1 heterocycles. The molecule has 0 aliphatic rings. The SMILES string of the molecule is CCc1nc(CCNC(C)C(C)C)no1. The minimum absolute atomic E-state index is 0.530. The molecule has 0 radical (unpaired) electrons. The summed E-state index contributed by atoms with van der Waals surface area (Å²) < 4.78 is 5.03. The van der Waals surface area contributed by atoms with Gasteiger partial charge in [-0.2, -0.15) is 4.98 Å². The maximum absolute atomic E-state index is 5.03. The first-order valence-corrected chi connectivity index (χ1v) is 5.68. The van der Waals surface area contributed by atoms with Crippen molar-refractivity contribution in [1.29, 1.82) is 0 Å². The molecule has 1 atom stereocenters. The fourth-order valence-corrected chi connectivity index (χ4v) is 1.18. The molecule has 1 unspecified atom stereocenters. The largest absolute Gasteiger partial charge is 0.339 e. The summed E-state index contributed by atoms with van der Waals surface area (Å²) in [4.78, 5) is 4.25. The Morgan fingerprint density at radius 2 is 2.07 bits per heavy atom. The lowest BCUT2D eigenvalue weighted by atomic mass is 10.1. The molecule has 0 aliphatic heterocycles. The van der Waals surface area contributed by atoms with Gasteiger partial charge in [0.2, 0.25) is 5.89 Å². The topological polar surface area (TPSA) is 51.0 Å². The van der Waals surface area contributed by atoms with Gasteiger partial charge in [0, 0.05) is 25.4 Å². The van der Waals surface area contributed by atoms with Gasteiger partial charge in [0.25, 0.3) is 0 Å². The van der Waals surface area contributed by atoms with Crippen LogP contribution in [0.3, 0.4) is 0 Å². The van der Waals surface area contributed by atoms with E-state index in [9.17, 15) is 0 Å². The summed E-state index contributed by atoms with van der Waals surface area (Å²) >= 11 is 0. The van der Waals surface area contributed by atoms with Crippen LogP contribution in [-0.2, 0) is 12.8 Å². The van der Waals surface area contributed by atoms with Gasteiger partial charge in [0.05, 0.1) is 0 Å². The van der Waals surface area contributed by atoms with Crippen molar-refractivity contribution >= 4 is 0 Å². The van der Waals surface area contributed by atoms with Gasteiger partial charge in [-0.1, -0.05) is 25.9 Å². The van der Waals surface area contributed by atoms with Gasteiger partial charge in [-0.3, -0.25) is 0 Å². The Kier molecular flexibility index (Phi) is 4.75. The lowest BCUT2D eigenvalue weighted by Crippen LogP contribution is -2.32. The molecule has 1 N–H and O–H groups in total. The Bertz CT molecular complexity index is 283. The number of aromatic nitrogens is 2. The average molecular weight is 211 g/mol. The molecule has 0 aliphatic carbocycles. The van der Waals surface area contributed by atoms with Crippen molar-refractivity contribution in [2.75, 3.05) is 6.54 Å². The lowest BCUT2D eigenvalue weighted by molar-refractivity contribution is 0.374. The number of hydrogen-bond acceptors (Lipinski definition) is 4. The normalized spacial score (nSPS) is 13.4. The highest BCUT2D eigenvalue weighted by molar-refractivity contribution is 4.86. The van der Waals surface area contributed by atoms with E-state index in [1.807, 2.05) is 6.92 Å². The Labute approximate surface area is 91.5 Å². The first-order valence-electron chi connectivity index (χ1n) is 5.68. The van der Waals surface area contributed by atoms with Crippen molar-refractivity contribution in [3.05, 3.63) is 11.7 Å². The summed E-state index contributed by atoms with van der Waals surface area (Å²) in [5, 5.41) is 7.34. The van der Waals surface area contributed by atoms with Crippen molar-refractivity contribution in [3.8, 4) is 0 Å². The standard InChI is InChI=1S/C11H21N3O/c1-5-11-13-10(14-15-11)6-7-12-9(4)8(2)3/h8-9,12H,5-7H2,1-4H3. The number of nitrogens with one attached hydrogen (secondary N) is 1. The van der Waals surface area contributed by atoms with Gasteiger partial charge < -0.3 is 9.84 Å². The molecule has 4 heteroatoms. The third-order valence-electron chi connectivity index (χ3n) is 2.63. The molecule has 1 aromatic rings. The summed E-state index contributed by atoms with van der Waals surface area (Å²) in [5.41, 5.74) is 0. The predicted molar refractivity (Wildman–Crippen MR) is 59.7 cm³/mol. The van der Waals surface area contributed by atoms with E-state index in [2.05, 4.69) is 36.2 Å². The van der Waals surface area contributed by atoms with Crippen LogP contribution in [0.15, 0.2) is 4.52 Å². The van der Waals surface area contributed by atoms with Crippen LogP contribution >= 0.6 is 0 Å². The van der Waals surface area contributed by atoms with Crippen LogP contribution < -0.4 is 5.32 Å². The number of rotatable bonds is 6. The van der Waals surface area contributed by atoms with E-state index in [1.54, 1.807) is 0 Å². The molecule has 0 saturated heterocycles. The van der Waals surface area contributed by atoms with Crippen molar-refractivity contribution in [3.63, 3.8) is 0 Å². The fourth-order valence-electron chi connectivity index (χ4n) is 1.18. The smallest absolute Gasteiger partial charge is 0.226 e. The minimum Gasteiger partial charge on any atom is -0.339 e. The summed E-state index contributed by atoms with van der Waals surface area (Å²) in [6, 6.07) is 0.530. The van der Waals surface area contributed by atoms with E-state index in [0.717, 1.165) is 31.1 Å². The van der Waals surface area contributed by atoms with Crippen LogP contribution in [0.5, 0.6) is 0 Å². The second-order valence-corrected chi connectivity index (χ2v) is 4.19. The molecular formula is C11H21N3O. The number of hydrogen-bond donors (Lipinski definition) is 1.